The Hall–Kier alpha value is -0.770. The van der Waals surface area contributed by atoms with E-state index in [1.165, 1.54) is 0 Å². The van der Waals surface area contributed by atoms with Crippen LogP contribution in [0.2, 0.25) is 10.0 Å². The molecule has 0 amide bonds. The molecule has 0 saturated carbocycles. The van der Waals surface area contributed by atoms with Crippen molar-refractivity contribution < 1.29 is 9.57 Å². The molecule has 1 aliphatic heterocycles. The number of rotatable bonds is 2. The van der Waals surface area contributed by atoms with Gasteiger partial charge < -0.3 is 9.57 Å². The van der Waals surface area contributed by atoms with E-state index < -0.39 is 0 Å². The number of benzene rings is 1. The SMILES string of the molecule is COC1CC(c2cc(Cl)cc(Cl)c2)=NO1. The molecule has 3 nitrogen and oxygen atoms in total. The molecule has 1 aromatic rings. The maximum absolute atomic E-state index is 5.89. The molecule has 0 saturated heterocycles. The minimum Gasteiger partial charge on any atom is -0.363 e. The molecule has 0 fully saturated rings. The third kappa shape index (κ3) is 2.43. The standard InChI is InChI=1S/C10H9Cl2NO2/c1-14-10-5-9(13-15-10)6-2-7(11)4-8(12)3-6/h2-4,10H,5H2,1H3. The highest BCUT2D eigenvalue weighted by Gasteiger charge is 2.21. The molecule has 15 heavy (non-hydrogen) atoms. The molecule has 0 aliphatic carbocycles. The average Bonchev–Trinajstić information content (AvgIpc) is 2.64. The Morgan fingerprint density at radius 1 is 1.33 bits per heavy atom. The van der Waals surface area contributed by atoms with Crippen molar-refractivity contribution >= 4 is 28.9 Å². The summed E-state index contributed by atoms with van der Waals surface area (Å²) >= 11 is 11.8. The summed E-state index contributed by atoms with van der Waals surface area (Å²) in [6, 6.07) is 5.28. The second-order valence-corrected chi connectivity index (χ2v) is 4.04. The number of oxime groups is 1. The molecule has 5 heteroatoms. The summed E-state index contributed by atoms with van der Waals surface area (Å²) in [7, 11) is 1.58. The smallest absolute Gasteiger partial charge is 0.232 e. The van der Waals surface area contributed by atoms with Crippen molar-refractivity contribution in [2.45, 2.75) is 12.7 Å². The molecule has 1 heterocycles. The Morgan fingerprint density at radius 3 is 2.53 bits per heavy atom. The van der Waals surface area contributed by atoms with Gasteiger partial charge in [-0.1, -0.05) is 28.4 Å². The molecule has 0 spiro atoms. The molecule has 1 unspecified atom stereocenters. The number of hydrogen-bond acceptors (Lipinski definition) is 3. The minimum atomic E-state index is -0.308. The van der Waals surface area contributed by atoms with Crippen molar-refractivity contribution in [2.24, 2.45) is 5.16 Å². The lowest BCUT2D eigenvalue weighted by Crippen LogP contribution is -2.10. The van der Waals surface area contributed by atoms with Gasteiger partial charge in [0, 0.05) is 22.7 Å². The predicted octanol–water partition coefficient (Wildman–Crippen LogP) is 3.09. The van der Waals surface area contributed by atoms with Crippen molar-refractivity contribution in [3.8, 4) is 0 Å². The first kappa shape index (κ1) is 10.7. The van der Waals surface area contributed by atoms with Crippen LogP contribution < -0.4 is 0 Å². The second kappa shape index (κ2) is 4.39. The van der Waals surface area contributed by atoms with E-state index in [9.17, 15) is 0 Å². The van der Waals surface area contributed by atoms with Gasteiger partial charge >= 0.3 is 0 Å². The van der Waals surface area contributed by atoms with Gasteiger partial charge in [-0.15, -0.1) is 0 Å². The highest BCUT2D eigenvalue weighted by Crippen LogP contribution is 2.23. The fraction of sp³-hybridized carbons (Fsp3) is 0.300. The summed E-state index contributed by atoms with van der Waals surface area (Å²) in [6.07, 6.45) is 0.297. The van der Waals surface area contributed by atoms with Crippen LogP contribution in [-0.2, 0) is 9.57 Å². The highest BCUT2D eigenvalue weighted by molar-refractivity contribution is 6.35. The van der Waals surface area contributed by atoms with Crippen molar-refractivity contribution in [3.05, 3.63) is 33.8 Å². The summed E-state index contributed by atoms with van der Waals surface area (Å²) in [5.74, 6) is 0. The van der Waals surface area contributed by atoms with Gasteiger partial charge in [0.1, 0.15) is 0 Å². The highest BCUT2D eigenvalue weighted by atomic mass is 35.5. The summed E-state index contributed by atoms with van der Waals surface area (Å²) in [4.78, 5) is 5.03. The molecule has 1 aromatic carbocycles. The van der Waals surface area contributed by atoms with Crippen LogP contribution in [0.5, 0.6) is 0 Å². The lowest BCUT2D eigenvalue weighted by molar-refractivity contribution is -0.103. The predicted molar refractivity (Wildman–Crippen MR) is 59.5 cm³/mol. The van der Waals surface area contributed by atoms with Gasteiger partial charge in [-0.05, 0) is 18.2 Å². The van der Waals surface area contributed by atoms with E-state index >= 15 is 0 Å². The largest absolute Gasteiger partial charge is 0.363 e. The van der Waals surface area contributed by atoms with Gasteiger partial charge in [-0.2, -0.15) is 0 Å². The number of halogens is 2. The number of nitrogens with zero attached hydrogens (tertiary/aromatic N) is 1. The van der Waals surface area contributed by atoms with Crippen molar-refractivity contribution in [2.75, 3.05) is 7.11 Å². The zero-order chi connectivity index (χ0) is 10.8. The van der Waals surface area contributed by atoms with Crippen molar-refractivity contribution in [1.82, 2.24) is 0 Å². The minimum absolute atomic E-state index is 0.308. The van der Waals surface area contributed by atoms with Crippen LogP contribution in [0.4, 0.5) is 0 Å². The zero-order valence-corrected chi connectivity index (χ0v) is 9.55. The van der Waals surface area contributed by atoms with Gasteiger partial charge in [0.05, 0.1) is 12.1 Å². The molecule has 80 valence electrons. The van der Waals surface area contributed by atoms with E-state index in [2.05, 4.69) is 5.16 Å². The third-order valence-corrected chi connectivity index (χ3v) is 2.54. The van der Waals surface area contributed by atoms with E-state index in [0.717, 1.165) is 11.3 Å². The molecular formula is C10H9Cl2NO2. The lowest BCUT2D eigenvalue weighted by atomic mass is 10.1. The van der Waals surface area contributed by atoms with Gasteiger partial charge in [-0.3, -0.25) is 0 Å². The first-order valence-corrected chi connectivity index (χ1v) is 5.16. The van der Waals surface area contributed by atoms with Crippen LogP contribution in [0.15, 0.2) is 23.4 Å². The van der Waals surface area contributed by atoms with Crippen LogP contribution in [-0.4, -0.2) is 19.1 Å². The fourth-order valence-corrected chi connectivity index (χ4v) is 1.90. The maximum Gasteiger partial charge on any atom is 0.232 e. The summed E-state index contributed by atoms with van der Waals surface area (Å²) in [5.41, 5.74) is 1.67. The first-order chi connectivity index (χ1) is 7.19. The van der Waals surface area contributed by atoms with E-state index in [0.29, 0.717) is 16.5 Å². The number of ether oxygens (including phenoxy) is 1. The van der Waals surface area contributed by atoms with E-state index in [1.807, 2.05) is 0 Å². The summed E-state index contributed by atoms with van der Waals surface area (Å²) in [5, 5.41) is 5.08. The molecule has 0 bridgehead atoms. The molecule has 1 aliphatic rings. The van der Waals surface area contributed by atoms with Gasteiger partial charge in [0.15, 0.2) is 0 Å². The van der Waals surface area contributed by atoms with Gasteiger partial charge in [0.2, 0.25) is 6.29 Å². The second-order valence-electron chi connectivity index (χ2n) is 3.17. The normalized spacial score (nSPS) is 19.9. The van der Waals surface area contributed by atoms with E-state index in [1.54, 1.807) is 25.3 Å². The summed E-state index contributed by atoms with van der Waals surface area (Å²) < 4.78 is 5.02. The Bertz CT molecular complexity index is 386. The fourth-order valence-electron chi connectivity index (χ4n) is 1.37. The van der Waals surface area contributed by atoms with E-state index in [-0.39, 0.29) is 6.29 Å². The molecular weight excluding hydrogens is 237 g/mol. The zero-order valence-electron chi connectivity index (χ0n) is 8.04. The number of hydrogen-bond donors (Lipinski definition) is 0. The molecule has 1 atom stereocenters. The Labute approximate surface area is 97.6 Å². The van der Waals surface area contributed by atoms with Gasteiger partial charge in [-0.25, -0.2) is 0 Å². The van der Waals surface area contributed by atoms with Crippen LogP contribution in [0.3, 0.4) is 0 Å². The van der Waals surface area contributed by atoms with Gasteiger partial charge in [0.25, 0.3) is 0 Å². The first-order valence-electron chi connectivity index (χ1n) is 4.41. The topological polar surface area (TPSA) is 30.8 Å². The molecule has 0 aromatic heterocycles. The average molecular weight is 246 g/mol. The van der Waals surface area contributed by atoms with Crippen LogP contribution in [0.1, 0.15) is 12.0 Å². The molecule has 0 radical (unpaired) electrons. The molecule has 0 N–H and O–H groups in total. The Morgan fingerprint density at radius 2 is 2.00 bits per heavy atom. The maximum atomic E-state index is 5.89. The van der Waals surface area contributed by atoms with Crippen LogP contribution in [0, 0.1) is 0 Å². The molecule has 2 rings (SSSR count). The van der Waals surface area contributed by atoms with E-state index in [4.69, 9.17) is 32.8 Å². The van der Waals surface area contributed by atoms with Crippen LogP contribution in [0.25, 0.3) is 0 Å². The van der Waals surface area contributed by atoms with Crippen molar-refractivity contribution in [3.63, 3.8) is 0 Å². The van der Waals surface area contributed by atoms with Crippen LogP contribution >= 0.6 is 23.2 Å². The number of methoxy groups -OCH3 is 1. The van der Waals surface area contributed by atoms with Crippen molar-refractivity contribution in [1.29, 1.82) is 0 Å². The third-order valence-electron chi connectivity index (χ3n) is 2.10. The lowest BCUT2D eigenvalue weighted by Gasteiger charge is -2.03. The monoisotopic (exact) mass is 245 g/mol. The summed E-state index contributed by atoms with van der Waals surface area (Å²) in [6.45, 7) is 0. The Kier molecular flexibility index (Phi) is 3.14. The quantitative estimate of drug-likeness (QED) is 0.802. The Balaban J connectivity index is 2.24.